The van der Waals surface area contributed by atoms with E-state index < -0.39 is 5.60 Å². The van der Waals surface area contributed by atoms with Crippen LogP contribution in [0.4, 0.5) is 0 Å². The molecule has 0 amide bonds. The fourth-order valence-electron chi connectivity index (χ4n) is 1.95. The number of hydrogen-bond donors (Lipinski definition) is 1. The molecular weight excluding hydrogens is 230 g/mol. The smallest absolute Gasteiger partial charge is 0.243 e. The van der Waals surface area contributed by atoms with E-state index in [1.807, 2.05) is 20.8 Å². The molecule has 18 heavy (non-hydrogen) atoms. The predicted octanol–water partition coefficient (Wildman–Crippen LogP) is 2.78. The van der Waals surface area contributed by atoms with E-state index in [9.17, 15) is 0 Å². The van der Waals surface area contributed by atoms with Crippen LogP contribution in [0.25, 0.3) is 0 Å². The van der Waals surface area contributed by atoms with Crippen molar-refractivity contribution < 1.29 is 9.26 Å². The Morgan fingerprint density at radius 3 is 2.33 bits per heavy atom. The van der Waals surface area contributed by atoms with Crippen molar-refractivity contribution in [1.29, 1.82) is 0 Å². The molecule has 0 spiro atoms. The van der Waals surface area contributed by atoms with Crippen LogP contribution in [0, 0.1) is 5.92 Å². The fourth-order valence-corrected chi connectivity index (χ4v) is 1.95. The highest BCUT2D eigenvalue weighted by atomic mass is 16.5. The SMILES string of the molecule is CCOC(CC)(CC)c1noc([C@H](N)C(C)C)n1. The molecule has 104 valence electrons. The highest BCUT2D eigenvalue weighted by molar-refractivity contribution is 5.03. The molecule has 0 saturated heterocycles. The van der Waals surface area contributed by atoms with Gasteiger partial charge < -0.3 is 15.0 Å². The molecule has 0 fully saturated rings. The number of nitrogens with zero attached hydrogens (tertiary/aromatic N) is 2. The molecule has 0 aliphatic carbocycles. The minimum atomic E-state index is -0.451. The fraction of sp³-hybridized carbons (Fsp3) is 0.846. The molecule has 0 aromatic carbocycles. The minimum Gasteiger partial charge on any atom is -0.367 e. The number of nitrogens with two attached hydrogens (primary N) is 1. The maximum absolute atomic E-state index is 6.01. The van der Waals surface area contributed by atoms with Crippen molar-refractivity contribution in [2.24, 2.45) is 11.7 Å². The summed E-state index contributed by atoms with van der Waals surface area (Å²) in [6.07, 6.45) is 1.63. The van der Waals surface area contributed by atoms with E-state index in [1.54, 1.807) is 0 Å². The lowest BCUT2D eigenvalue weighted by atomic mass is 9.96. The van der Waals surface area contributed by atoms with Crippen LogP contribution in [-0.2, 0) is 10.3 Å². The summed E-state index contributed by atoms with van der Waals surface area (Å²) in [6.45, 7) is 10.8. The van der Waals surface area contributed by atoms with Crippen molar-refractivity contribution in [3.05, 3.63) is 11.7 Å². The van der Waals surface area contributed by atoms with E-state index in [2.05, 4.69) is 24.0 Å². The molecule has 5 heteroatoms. The van der Waals surface area contributed by atoms with Gasteiger partial charge >= 0.3 is 0 Å². The van der Waals surface area contributed by atoms with E-state index in [4.69, 9.17) is 15.0 Å². The summed E-state index contributed by atoms with van der Waals surface area (Å²) in [6, 6.07) is -0.223. The van der Waals surface area contributed by atoms with E-state index in [0.29, 0.717) is 18.3 Å². The van der Waals surface area contributed by atoms with E-state index in [0.717, 1.165) is 12.8 Å². The molecule has 0 aliphatic heterocycles. The monoisotopic (exact) mass is 255 g/mol. The summed E-state index contributed by atoms with van der Waals surface area (Å²) < 4.78 is 11.1. The Kier molecular flexibility index (Phi) is 5.28. The first kappa shape index (κ1) is 15.1. The van der Waals surface area contributed by atoms with Crippen molar-refractivity contribution >= 4 is 0 Å². The molecule has 0 bridgehead atoms. The van der Waals surface area contributed by atoms with Gasteiger partial charge in [-0.25, -0.2) is 0 Å². The van der Waals surface area contributed by atoms with Crippen LogP contribution in [0.3, 0.4) is 0 Å². The highest BCUT2D eigenvalue weighted by Gasteiger charge is 2.35. The number of aromatic nitrogens is 2. The molecule has 1 atom stereocenters. The zero-order chi connectivity index (χ0) is 13.8. The van der Waals surface area contributed by atoms with E-state index in [-0.39, 0.29) is 12.0 Å². The van der Waals surface area contributed by atoms with Gasteiger partial charge in [-0.1, -0.05) is 32.9 Å². The summed E-state index contributed by atoms with van der Waals surface area (Å²) >= 11 is 0. The molecule has 0 unspecified atom stereocenters. The maximum Gasteiger partial charge on any atom is 0.243 e. The second-order valence-electron chi connectivity index (χ2n) is 4.86. The van der Waals surface area contributed by atoms with Gasteiger partial charge in [-0.05, 0) is 25.7 Å². The van der Waals surface area contributed by atoms with Crippen molar-refractivity contribution in [3.63, 3.8) is 0 Å². The van der Waals surface area contributed by atoms with Gasteiger partial charge in [-0.3, -0.25) is 0 Å². The van der Waals surface area contributed by atoms with Gasteiger partial charge in [-0.2, -0.15) is 4.98 Å². The van der Waals surface area contributed by atoms with Gasteiger partial charge in [-0.15, -0.1) is 0 Å². The van der Waals surface area contributed by atoms with Gasteiger partial charge in [0.15, 0.2) is 0 Å². The number of rotatable bonds is 7. The first-order valence-corrected chi connectivity index (χ1v) is 6.74. The number of ether oxygens (including phenoxy) is 1. The summed E-state index contributed by atoms with van der Waals surface area (Å²) in [5.74, 6) is 1.37. The quantitative estimate of drug-likeness (QED) is 0.811. The largest absolute Gasteiger partial charge is 0.367 e. The van der Waals surface area contributed by atoms with E-state index >= 15 is 0 Å². The third-order valence-electron chi connectivity index (χ3n) is 3.42. The van der Waals surface area contributed by atoms with Crippen molar-refractivity contribution in [1.82, 2.24) is 10.1 Å². The Hall–Kier alpha value is -0.940. The lowest BCUT2D eigenvalue weighted by Gasteiger charge is -2.27. The molecular formula is C13H25N3O2. The first-order valence-electron chi connectivity index (χ1n) is 6.74. The first-order chi connectivity index (χ1) is 8.50. The third-order valence-corrected chi connectivity index (χ3v) is 3.42. The van der Waals surface area contributed by atoms with Crippen LogP contribution < -0.4 is 5.73 Å². The molecule has 1 heterocycles. The average molecular weight is 255 g/mol. The molecule has 1 rings (SSSR count). The summed E-state index contributed by atoms with van der Waals surface area (Å²) in [5.41, 5.74) is 5.56. The van der Waals surface area contributed by atoms with Crippen LogP contribution in [0.5, 0.6) is 0 Å². The van der Waals surface area contributed by atoms with Crippen molar-refractivity contribution in [2.75, 3.05) is 6.61 Å². The molecule has 5 nitrogen and oxygen atoms in total. The van der Waals surface area contributed by atoms with Gasteiger partial charge in [0, 0.05) is 6.61 Å². The van der Waals surface area contributed by atoms with Crippen molar-refractivity contribution in [2.45, 2.75) is 59.1 Å². The third kappa shape index (κ3) is 2.90. The molecule has 1 aromatic heterocycles. The summed E-state index contributed by atoms with van der Waals surface area (Å²) in [4.78, 5) is 4.44. The standard InChI is InChI=1S/C13H25N3O2/c1-6-13(7-2,17-8-3)12-15-11(18-16-12)10(14)9(4)5/h9-10H,6-8,14H2,1-5H3/t10-/m1/s1. The van der Waals surface area contributed by atoms with Gasteiger partial charge in [0.25, 0.3) is 0 Å². The van der Waals surface area contributed by atoms with Gasteiger partial charge in [0.2, 0.25) is 11.7 Å². The molecule has 1 aromatic rings. The van der Waals surface area contributed by atoms with Crippen LogP contribution >= 0.6 is 0 Å². The lowest BCUT2D eigenvalue weighted by molar-refractivity contribution is -0.0583. The van der Waals surface area contributed by atoms with Gasteiger partial charge in [0.1, 0.15) is 5.60 Å². The topological polar surface area (TPSA) is 74.2 Å². The van der Waals surface area contributed by atoms with Gasteiger partial charge in [0.05, 0.1) is 6.04 Å². The highest BCUT2D eigenvalue weighted by Crippen LogP contribution is 2.31. The maximum atomic E-state index is 6.01. The van der Waals surface area contributed by atoms with E-state index in [1.165, 1.54) is 0 Å². The zero-order valence-electron chi connectivity index (χ0n) is 12.1. The summed E-state index contributed by atoms with van der Waals surface area (Å²) in [7, 11) is 0. The number of hydrogen-bond acceptors (Lipinski definition) is 5. The van der Waals surface area contributed by atoms with Crippen LogP contribution in [0.15, 0.2) is 4.52 Å². The second kappa shape index (κ2) is 6.29. The molecule has 0 aliphatic rings. The second-order valence-corrected chi connectivity index (χ2v) is 4.86. The Morgan fingerprint density at radius 1 is 1.28 bits per heavy atom. The molecule has 0 radical (unpaired) electrons. The molecule has 2 N–H and O–H groups in total. The Balaban J connectivity index is 3.01. The zero-order valence-corrected chi connectivity index (χ0v) is 12.1. The Bertz CT molecular complexity index is 359. The van der Waals surface area contributed by atoms with Crippen LogP contribution in [0.1, 0.15) is 65.2 Å². The lowest BCUT2D eigenvalue weighted by Crippen LogP contribution is -2.30. The average Bonchev–Trinajstić information content (AvgIpc) is 2.85. The van der Waals surface area contributed by atoms with Crippen molar-refractivity contribution in [3.8, 4) is 0 Å². The Morgan fingerprint density at radius 2 is 1.89 bits per heavy atom. The normalized spacial score (nSPS) is 14.2. The summed E-state index contributed by atoms with van der Waals surface area (Å²) in [5, 5.41) is 4.06. The predicted molar refractivity (Wildman–Crippen MR) is 70.0 cm³/mol. The van der Waals surface area contributed by atoms with Crippen LogP contribution in [0.2, 0.25) is 0 Å². The Labute approximate surface area is 109 Å². The van der Waals surface area contributed by atoms with Crippen LogP contribution in [-0.4, -0.2) is 16.7 Å². The molecule has 0 saturated carbocycles. The minimum absolute atomic E-state index is 0.223.